The second-order valence-electron chi connectivity index (χ2n) is 3.07. The number of aliphatic hydroxyl groups excluding tert-OH is 2. The zero-order chi connectivity index (χ0) is 12.1. The number of hydrogen-bond acceptors (Lipinski definition) is 7. The van der Waals surface area contributed by atoms with Crippen LogP contribution in [0.15, 0.2) is 6.20 Å². The number of hydrogen-bond donors (Lipinski definition) is 3. The summed E-state index contributed by atoms with van der Waals surface area (Å²) < 4.78 is 9.77. The summed E-state index contributed by atoms with van der Waals surface area (Å²) in [6.07, 6.45) is -0.953. The maximum Gasteiger partial charge on any atom is 0.319 e. The molecule has 0 radical (unpaired) electrons. The van der Waals surface area contributed by atoms with Crippen LogP contribution in [-0.2, 0) is 0 Å². The second-order valence-corrected chi connectivity index (χ2v) is 3.07. The highest BCUT2D eigenvalue weighted by Gasteiger charge is 2.22. The van der Waals surface area contributed by atoms with Gasteiger partial charge in [-0.2, -0.15) is 4.98 Å². The number of methoxy groups -OCH3 is 2. The van der Waals surface area contributed by atoms with Crippen LogP contribution >= 0.6 is 0 Å². The van der Waals surface area contributed by atoms with Crippen molar-refractivity contribution in [3.63, 3.8) is 0 Å². The summed E-state index contributed by atoms with van der Waals surface area (Å²) in [7, 11) is 2.81. The zero-order valence-corrected chi connectivity index (χ0v) is 9.12. The van der Waals surface area contributed by atoms with Gasteiger partial charge in [0.2, 0.25) is 5.88 Å². The molecule has 2 atom stereocenters. The van der Waals surface area contributed by atoms with Gasteiger partial charge >= 0.3 is 6.01 Å². The molecule has 0 aromatic carbocycles. The summed E-state index contributed by atoms with van der Waals surface area (Å²) in [5.74, 6) is 0.145. The lowest BCUT2D eigenvalue weighted by Gasteiger charge is -2.17. The molecule has 2 unspecified atom stereocenters. The van der Waals surface area contributed by atoms with Crippen molar-refractivity contribution in [3.8, 4) is 11.9 Å². The molecule has 0 fully saturated rings. The van der Waals surface area contributed by atoms with Crippen LogP contribution in [0.25, 0.3) is 0 Å². The van der Waals surface area contributed by atoms with Crippen LogP contribution in [0.4, 0.5) is 0 Å². The second kappa shape index (κ2) is 5.59. The normalized spacial score (nSPS) is 14.3. The molecule has 0 spiro atoms. The predicted octanol–water partition coefficient (Wildman–Crippen LogP) is -1.15. The van der Waals surface area contributed by atoms with Crippen molar-refractivity contribution in [2.24, 2.45) is 5.73 Å². The molecule has 4 N–H and O–H groups in total. The van der Waals surface area contributed by atoms with Gasteiger partial charge < -0.3 is 25.4 Å². The third-order valence-electron chi connectivity index (χ3n) is 2.06. The molecule has 1 aromatic rings. The van der Waals surface area contributed by atoms with Crippen LogP contribution in [0.3, 0.4) is 0 Å². The maximum atomic E-state index is 9.73. The number of rotatable bonds is 5. The van der Waals surface area contributed by atoms with Gasteiger partial charge in [-0.05, 0) is 0 Å². The number of ether oxygens (including phenoxy) is 2. The zero-order valence-electron chi connectivity index (χ0n) is 9.12. The molecule has 7 heteroatoms. The Bertz CT molecular complexity index is 348. The average Bonchev–Trinajstić information content (AvgIpc) is 2.35. The third-order valence-corrected chi connectivity index (χ3v) is 2.06. The van der Waals surface area contributed by atoms with Crippen molar-refractivity contribution in [1.82, 2.24) is 9.97 Å². The van der Waals surface area contributed by atoms with E-state index >= 15 is 0 Å². The van der Waals surface area contributed by atoms with Crippen LogP contribution in [0.1, 0.15) is 11.7 Å². The average molecular weight is 229 g/mol. The largest absolute Gasteiger partial charge is 0.481 e. The molecule has 0 aliphatic rings. The summed E-state index contributed by atoms with van der Waals surface area (Å²) in [6, 6.07) is 0.120. The minimum absolute atomic E-state index is 0.0731. The van der Waals surface area contributed by atoms with Gasteiger partial charge in [-0.1, -0.05) is 0 Å². The van der Waals surface area contributed by atoms with E-state index < -0.39 is 12.2 Å². The molecule has 0 saturated carbocycles. The molecular weight excluding hydrogens is 214 g/mol. The summed E-state index contributed by atoms with van der Waals surface area (Å²) in [5.41, 5.74) is 5.51. The molecule has 7 nitrogen and oxygen atoms in total. The first kappa shape index (κ1) is 12.6. The van der Waals surface area contributed by atoms with Gasteiger partial charge in [-0.25, -0.2) is 4.98 Å². The molecule has 90 valence electrons. The van der Waals surface area contributed by atoms with Crippen LogP contribution in [-0.4, -0.2) is 47.0 Å². The minimum Gasteiger partial charge on any atom is -0.481 e. The van der Waals surface area contributed by atoms with E-state index in [4.69, 9.17) is 15.2 Å². The van der Waals surface area contributed by atoms with E-state index in [1.807, 2.05) is 0 Å². The SMILES string of the molecule is COc1ncc(C(O)C(O)CN)c(OC)n1. The van der Waals surface area contributed by atoms with Crippen LogP contribution in [0, 0.1) is 0 Å². The van der Waals surface area contributed by atoms with Crippen molar-refractivity contribution >= 4 is 0 Å². The fourth-order valence-electron chi connectivity index (χ4n) is 1.16. The van der Waals surface area contributed by atoms with E-state index in [1.54, 1.807) is 0 Å². The maximum absolute atomic E-state index is 9.73. The molecule has 0 aliphatic carbocycles. The lowest BCUT2D eigenvalue weighted by molar-refractivity contribution is 0.0222. The lowest BCUT2D eigenvalue weighted by Crippen LogP contribution is -2.27. The van der Waals surface area contributed by atoms with Crippen molar-refractivity contribution in [1.29, 1.82) is 0 Å². The van der Waals surface area contributed by atoms with Gasteiger partial charge in [0.15, 0.2) is 0 Å². The van der Waals surface area contributed by atoms with E-state index in [0.29, 0.717) is 0 Å². The molecule has 1 heterocycles. The highest BCUT2D eigenvalue weighted by molar-refractivity contribution is 5.28. The van der Waals surface area contributed by atoms with Gasteiger partial charge in [-0.3, -0.25) is 0 Å². The van der Waals surface area contributed by atoms with Crippen LogP contribution < -0.4 is 15.2 Å². The Labute approximate surface area is 92.9 Å². The van der Waals surface area contributed by atoms with Crippen molar-refractivity contribution in [2.45, 2.75) is 12.2 Å². The standard InChI is InChI=1S/C9H15N3O4/c1-15-8-5(7(14)6(13)3-10)4-11-9(12-8)16-2/h4,6-7,13-14H,3,10H2,1-2H3. The topological polar surface area (TPSA) is 111 Å². The van der Waals surface area contributed by atoms with Crippen molar-refractivity contribution < 1.29 is 19.7 Å². The molecule has 16 heavy (non-hydrogen) atoms. The molecule has 0 aliphatic heterocycles. The first-order valence-corrected chi connectivity index (χ1v) is 4.65. The number of aromatic nitrogens is 2. The highest BCUT2D eigenvalue weighted by Crippen LogP contribution is 2.25. The first-order valence-electron chi connectivity index (χ1n) is 4.65. The molecular formula is C9H15N3O4. The van der Waals surface area contributed by atoms with E-state index in [1.165, 1.54) is 20.4 Å². The molecule has 0 amide bonds. The number of aliphatic hydroxyl groups is 2. The van der Waals surface area contributed by atoms with Crippen LogP contribution in [0.5, 0.6) is 11.9 Å². The Morgan fingerprint density at radius 2 is 2.06 bits per heavy atom. The van der Waals surface area contributed by atoms with Crippen LogP contribution in [0.2, 0.25) is 0 Å². The van der Waals surface area contributed by atoms with E-state index in [2.05, 4.69) is 9.97 Å². The van der Waals surface area contributed by atoms with E-state index in [-0.39, 0.29) is 24.0 Å². The summed E-state index contributed by atoms with van der Waals surface area (Å²) in [6.45, 7) is -0.0731. The minimum atomic E-state index is -1.19. The Kier molecular flexibility index (Phi) is 4.41. The van der Waals surface area contributed by atoms with Gasteiger partial charge in [0.05, 0.1) is 25.9 Å². The summed E-state index contributed by atoms with van der Waals surface area (Å²) in [5, 5.41) is 19.1. The summed E-state index contributed by atoms with van der Waals surface area (Å²) >= 11 is 0. The Balaban J connectivity index is 3.03. The predicted molar refractivity (Wildman–Crippen MR) is 55.2 cm³/mol. The Morgan fingerprint density at radius 1 is 1.38 bits per heavy atom. The third kappa shape index (κ3) is 2.57. The fraction of sp³-hybridized carbons (Fsp3) is 0.556. The Hall–Kier alpha value is -1.44. The van der Waals surface area contributed by atoms with Gasteiger partial charge in [0, 0.05) is 12.7 Å². The monoisotopic (exact) mass is 229 g/mol. The van der Waals surface area contributed by atoms with Gasteiger partial charge in [0.25, 0.3) is 0 Å². The number of nitrogens with zero attached hydrogens (tertiary/aromatic N) is 2. The van der Waals surface area contributed by atoms with E-state index in [9.17, 15) is 10.2 Å². The highest BCUT2D eigenvalue weighted by atomic mass is 16.5. The van der Waals surface area contributed by atoms with Crippen molar-refractivity contribution in [3.05, 3.63) is 11.8 Å². The smallest absolute Gasteiger partial charge is 0.319 e. The first-order chi connectivity index (χ1) is 7.63. The molecule has 0 bridgehead atoms. The van der Waals surface area contributed by atoms with Crippen molar-refractivity contribution in [2.75, 3.05) is 20.8 Å². The molecule has 1 rings (SSSR count). The lowest BCUT2D eigenvalue weighted by atomic mass is 10.1. The van der Waals surface area contributed by atoms with Gasteiger partial charge in [-0.15, -0.1) is 0 Å². The fourth-order valence-corrected chi connectivity index (χ4v) is 1.16. The molecule has 0 saturated heterocycles. The number of nitrogens with two attached hydrogens (primary N) is 1. The summed E-state index contributed by atoms with van der Waals surface area (Å²) in [4.78, 5) is 7.70. The Morgan fingerprint density at radius 3 is 2.56 bits per heavy atom. The molecule has 1 aromatic heterocycles. The van der Waals surface area contributed by atoms with Gasteiger partial charge in [0.1, 0.15) is 6.10 Å². The quantitative estimate of drug-likeness (QED) is 0.584. The van der Waals surface area contributed by atoms with E-state index in [0.717, 1.165) is 0 Å².